The van der Waals surface area contributed by atoms with Crippen molar-refractivity contribution in [1.82, 2.24) is 4.90 Å². The normalized spacial score (nSPS) is 18.1. The summed E-state index contributed by atoms with van der Waals surface area (Å²) < 4.78 is 0. The lowest BCUT2D eigenvalue weighted by Gasteiger charge is -2.38. The van der Waals surface area contributed by atoms with Crippen LogP contribution in [0.4, 0.5) is 0 Å². The zero-order valence-electron chi connectivity index (χ0n) is 11.1. The maximum Gasteiger partial charge on any atom is 0.309 e. The SMILES string of the molecule is CCC1(C(=O)O)CCN(C(=O)c2ccccc2)CC1. The molecule has 4 heteroatoms. The number of carboxylic acids is 1. The Morgan fingerprint density at radius 3 is 2.26 bits per heavy atom. The van der Waals surface area contributed by atoms with Gasteiger partial charge in [-0.05, 0) is 31.4 Å². The average molecular weight is 261 g/mol. The molecule has 2 rings (SSSR count). The molecular formula is C15H19NO3. The largest absolute Gasteiger partial charge is 0.481 e. The third-order valence-corrected chi connectivity index (χ3v) is 4.16. The fourth-order valence-corrected chi connectivity index (χ4v) is 2.62. The van der Waals surface area contributed by atoms with E-state index in [9.17, 15) is 14.7 Å². The Kier molecular flexibility index (Phi) is 3.88. The fraction of sp³-hybridized carbons (Fsp3) is 0.467. The molecule has 1 saturated heterocycles. The summed E-state index contributed by atoms with van der Waals surface area (Å²) in [6.45, 7) is 2.95. The van der Waals surface area contributed by atoms with Gasteiger partial charge in [0.15, 0.2) is 0 Å². The third-order valence-electron chi connectivity index (χ3n) is 4.16. The van der Waals surface area contributed by atoms with E-state index in [-0.39, 0.29) is 5.91 Å². The van der Waals surface area contributed by atoms with Crippen LogP contribution in [0, 0.1) is 5.41 Å². The van der Waals surface area contributed by atoms with Crippen LogP contribution in [0.15, 0.2) is 30.3 Å². The second-order valence-corrected chi connectivity index (χ2v) is 5.10. The molecule has 1 aliphatic heterocycles. The van der Waals surface area contributed by atoms with Gasteiger partial charge >= 0.3 is 5.97 Å². The monoisotopic (exact) mass is 261 g/mol. The van der Waals surface area contributed by atoms with Crippen molar-refractivity contribution in [1.29, 1.82) is 0 Å². The van der Waals surface area contributed by atoms with Crippen LogP contribution in [0.3, 0.4) is 0 Å². The van der Waals surface area contributed by atoms with Crippen LogP contribution < -0.4 is 0 Å². The molecule has 1 aliphatic rings. The number of benzene rings is 1. The summed E-state index contributed by atoms with van der Waals surface area (Å²) >= 11 is 0. The van der Waals surface area contributed by atoms with Crippen LogP contribution in [0.25, 0.3) is 0 Å². The molecule has 1 fully saturated rings. The highest BCUT2D eigenvalue weighted by Gasteiger charge is 2.40. The van der Waals surface area contributed by atoms with E-state index in [1.165, 1.54) is 0 Å². The molecule has 1 N–H and O–H groups in total. The molecule has 0 spiro atoms. The van der Waals surface area contributed by atoms with E-state index in [1.54, 1.807) is 17.0 Å². The van der Waals surface area contributed by atoms with Gasteiger partial charge in [0.1, 0.15) is 0 Å². The summed E-state index contributed by atoms with van der Waals surface area (Å²) in [4.78, 5) is 25.4. The summed E-state index contributed by atoms with van der Waals surface area (Å²) in [5.41, 5.74) is 0.0230. The molecule has 1 amide bonds. The topological polar surface area (TPSA) is 57.6 Å². The molecule has 0 radical (unpaired) electrons. The number of amides is 1. The first-order valence-electron chi connectivity index (χ1n) is 6.67. The van der Waals surface area contributed by atoms with Crippen LogP contribution in [-0.4, -0.2) is 35.0 Å². The van der Waals surface area contributed by atoms with Crippen LogP contribution >= 0.6 is 0 Å². The van der Waals surface area contributed by atoms with Crippen molar-refractivity contribution in [3.63, 3.8) is 0 Å². The van der Waals surface area contributed by atoms with Gasteiger partial charge in [-0.25, -0.2) is 0 Å². The zero-order valence-corrected chi connectivity index (χ0v) is 11.1. The molecule has 4 nitrogen and oxygen atoms in total. The highest BCUT2D eigenvalue weighted by molar-refractivity contribution is 5.94. The zero-order chi connectivity index (χ0) is 13.9. The van der Waals surface area contributed by atoms with Crippen LogP contribution in [0.5, 0.6) is 0 Å². The second-order valence-electron chi connectivity index (χ2n) is 5.10. The number of carboxylic acid groups (broad SMARTS) is 1. The third kappa shape index (κ3) is 2.62. The molecule has 1 heterocycles. The van der Waals surface area contributed by atoms with Crippen LogP contribution in [0.2, 0.25) is 0 Å². The Hall–Kier alpha value is -1.84. The van der Waals surface area contributed by atoms with Crippen molar-refractivity contribution in [2.75, 3.05) is 13.1 Å². The quantitative estimate of drug-likeness (QED) is 0.909. The van der Waals surface area contributed by atoms with Gasteiger partial charge in [0.05, 0.1) is 5.41 Å². The maximum absolute atomic E-state index is 12.2. The van der Waals surface area contributed by atoms with Gasteiger partial charge in [-0.3, -0.25) is 9.59 Å². The molecular weight excluding hydrogens is 242 g/mol. The van der Waals surface area contributed by atoms with Crippen molar-refractivity contribution < 1.29 is 14.7 Å². The average Bonchev–Trinajstić information content (AvgIpc) is 2.47. The van der Waals surface area contributed by atoms with E-state index < -0.39 is 11.4 Å². The van der Waals surface area contributed by atoms with E-state index in [2.05, 4.69) is 0 Å². The van der Waals surface area contributed by atoms with Gasteiger partial charge in [0.2, 0.25) is 0 Å². The standard InChI is InChI=1S/C15H19NO3/c1-2-15(14(18)19)8-10-16(11-9-15)13(17)12-6-4-3-5-7-12/h3-7H,2,8-11H2,1H3,(H,18,19). The number of hydrogen-bond acceptors (Lipinski definition) is 2. The van der Waals surface area contributed by atoms with Crippen molar-refractivity contribution >= 4 is 11.9 Å². The smallest absolute Gasteiger partial charge is 0.309 e. The Labute approximate surface area is 113 Å². The minimum Gasteiger partial charge on any atom is -0.481 e. The molecule has 0 unspecified atom stereocenters. The summed E-state index contributed by atoms with van der Waals surface area (Å²) in [6, 6.07) is 9.14. The molecule has 1 aromatic carbocycles. The second kappa shape index (κ2) is 5.43. The Bertz CT molecular complexity index is 462. The molecule has 1 aromatic rings. The van der Waals surface area contributed by atoms with Gasteiger partial charge in [-0.1, -0.05) is 25.1 Å². The first-order chi connectivity index (χ1) is 9.09. The van der Waals surface area contributed by atoms with Crippen molar-refractivity contribution in [2.24, 2.45) is 5.41 Å². The lowest BCUT2D eigenvalue weighted by Crippen LogP contribution is -2.46. The van der Waals surface area contributed by atoms with Crippen molar-refractivity contribution in [2.45, 2.75) is 26.2 Å². The molecule has 19 heavy (non-hydrogen) atoms. The minimum atomic E-state index is -0.734. The van der Waals surface area contributed by atoms with E-state index in [0.717, 1.165) is 0 Å². The number of aliphatic carboxylic acids is 1. The first kappa shape index (κ1) is 13.6. The predicted octanol–water partition coefficient (Wildman–Crippen LogP) is 2.40. The predicted molar refractivity (Wildman–Crippen MR) is 71.9 cm³/mol. The molecule has 0 saturated carbocycles. The first-order valence-corrected chi connectivity index (χ1v) is 6.67. The fourth-order valence-electron chi connectivity index (χ4n) is 2.62. The summed E-state index contributed by atoms with van der Waals surface area (Å²) in [5.74, 6) is -0.738. The van der Waals surface area contributed by atoms with Crippen LogP contribution in [-0.2, 0) is 4.79 Å². The Morgan fingerprint density at radius 1 is 1.21 bits per heavy atom. The molecule has 102 valence electrons. The highest BCUT2D eigenvalue weighted by Crippen LogP contribution is 2.35. The number of rotatable bonds is 3. The molecule has 0 bridgehead atoms. The number of likely N-dealkylation sites (tertiary alicyclic amines) is 1. The van der Waals surface area contributed by atoms with Gasteiger partial charge < -0.3 is 10.0 Å². The van der Waals surface area contributed by atoms with E-state index in [4.69, 9.17) is 0 Å². The Morgan fingerprint density at radius 2 is 1.79 bits per heavy atom. The summed E-state index contributed by atoms with van der Waals surface area (Å²) in [6.07, 6.45) is 1.70. The maximum atomic E-state index is 12.2. The number of nitrogens with zero attached hydrogens (tertiary/aromatic N) is 1. The minimum absolute atomic E-state index is 0.00399. The number of hydrogen-bond donors (Lipinski definition) is 1. The lowest BCUT2D eigenvalue weighted by molar-refractivity contribution is -0.152. The highest BCUT2D eigenvalue weighted by atomic mass is 16.4. The van der Waals surface area contributed by atoms with E-state index in [0.29, 0.717) is 37.9 Å². The van der Waals surface area contributed by atoms with Crippen LogP contribution in [0.1, 0.15) is 36.5 Å². The van der Waals surface area contributed by atoms with Gasteiger partial charge in [-0.2, -0.15) is 0 Å². The van der Waals surface area contributed by atoms with Crippen molar-refractivity contribution in [3.8, 4) is 0 Å². The Balaban J connectivity index is 2.04. The van der Waals surface area contributed by atoms with Crippen molar-refractivity contribution in [3.05, 3.63) is 35.9 Å². The number of piperidine rings is 1. The molecule has 0 aliphatic carbocycles. The number of carbonyl (C=O) groups is 2. The lowest BCUT2D eigenvalue weighted by atomic mass is 9.76. The summed E-state index contributed by atoms with van der Waals surface area (Å²) in [5, 5.41) is 9.33. The molecule has 0 atom stereocenters. The summed E-state index contributed by atoms with van der Waals surface area (Å²) in [7, 11) is 0. The molecule has 0 aromatic heterocycles. The number of carbonyl (C=O) groups excluding carboxylic acids is 1. The van der Waals surface area contributed by atoms with E-state index in [1.807, 2.05) is 25.1 Å². The van der Waals surface area contributed by atoms with E-state index >= 15 is 0 Å². The van der Waals surface area contributed by atoms with Gasteiger partial charge in [0.25, 0.3) is 5.91 Å². The van der Waals surface area contributed by atoms with Gasteiger partial charge in [0, 0.05) is 18.7 Å². The van der Waals surface area contributed by atoms with Gasteiger partial charge in [-0.15, -0.1) is 0 Å².